The largest absolute Gasteiger partial charge is 0.392 e. The molecule has 3 atom stereocenters. The van der Waals surface area contributed by atoms with Crippen LogP contribution < -0.4 is 0 Å². The molecule has 0 radical (unpaired) electrons. The van der Waals surface area contributed by atoms with Crippen LogP contribution in [-0.2, 0) is 9.09 Å². The lowest BCUT2D eigenvalue weighted by Crippen LogP contribution is -2.50. The highest BCUT2D eigenvalue weighted by Gasteiger charge is 2.62. The molecule has 2 aliphatic rings. The normalized spacial score (nSPS) is 33.3. The van der Waals surface area contributed by atoms with Gasteiger partial charge in [0.25, 0.3) is 7.52 Å². The number of hydrogen-bond acceptors (Lipinski definition) is 3. The van der Waals surface area contributed by atoms with E-state index in [2.05, 4.69) is 25.4 Å². The molecular weight excluding hydrogens is 321 g/mol. The second-order valence-electron chi connectivity index (χ2n) is 9.65. The molecule has 1 aliphatic heterocycles. The van der Waals surface area contributed by atoms with Crippen molar-refractivity contribution in [2.45, 2.75) is 109 Å². The maximum Gasteiger partial charge on any atom is 0.281 e. The second kappa shape index (κ2) is 6.68. The molecule has 0 aromatic heterocycles. The average Bonchev–Trinajstić information content (AvgIpc) is 2.77. The Morgan fingerprint density at radius 3 is 2.21 bits per heavy atom. The van der Waals surface area contributed by atoms with Gasteiger partial charge in [-0.25, -0.2) is 4.67 Å². The summed E-state index contributed by atoms with van der Waals surface area (Å²) in [7, 11) is -3.18. The van der Waals surface area contributed by atoms with Crippen LogP contribution in [0.1, 0.15) is 87.0 Å². The SMILES string of the molecule is CC[C@@](C)([C@H](O)C1CCCCC1)[P@@]1(=O)OC(C)(C)CN1C(C)(C)C. The lowest BCUT2D eigenvalue weighted by Gasteiger charge is -2.47. The lowest BCUT2D eigenvalue weighted by atomic mass is 9.80. The van der Waals surface area contributed by atoms with Gasteiger partial charge < -0.3 is 9.63 Å². The zero-order chi connectivity index (χ0) is 18.4. The molecule has 24 heavy (non-hydrogen) atoms. The van der Waals surface area contributed by atoms with Gasteiger partial charge in [-0.2, -0.15) is 0 Å². The van der Waals surface area contributed by atoms with Gasteiger partial charge in [0.2, 0.25) is 0 Å². The van der Waals surface area contributed by atoms with E-state index in [0.717, 1.165) is 12.8 Å². The second-order valence-corrected chi connectivity index (χ2v) is 12.4. The van der Waals surface area contributed by atoms with Crippen LogP contribution in [0.4, 0.5) is 0 Å². The van der Waals surface area contributed by atoms with Gasteiger partial charge in [-0.1, -0.05) is 26.2 Å². The van der Waals surface area contributed by atoms with E-state index in [1.54, 1.807) is 0 Å². The summed E-state index contributed by atoms with van der Waals surface area (Å²) < 4.78 is 22.6. The van der Waals surface area contributed by atoms with E-state index in [-0.39, 0.29) is 11.5 Å². The predicted molar refractivity (Wildman–Crippen MR) is 101 cm³/mol. The number of aliphatic hydroxyl groups is 1. The maximum atomic E-state index is 14.3. The first-order chi connectivity index (χ1) is 10.9. The van der Waals surface area contributed by atoms with Crippen LogP contribution in [0.25, 0.3) is 0 Å². The smallest absolute Gasteiger partial charge is 0.281 e. The summed E-state index contributed by atoms with van der Waals surface area (Å²) in [6.07, 6.45) is 5.74. The molecule has 4 nitrogen and oxygen atoms in total. The Labute approximate surface area is 148 Å². The van der Waals surface area contributed by atoms with Crippen molar-refractivity contribution in [2.75, 3.05) is 6.54 Å². The molecule has 2 fully saturated rings. The molecule has 0 aromatic rings. The molecule has 1 saturated heterocycles. The van der Waals surface area contributed by atoms with E-state index in [1.807, 2.05) is 27.7 Å². The molecule has 0 unspecified atom stereocenters. The molecule has 0 amide bonds. The van der Waals surface area contributed by atoms with E-state index in [0.29, 0.717) is 13.0 Å². The van der Waals surface area contributed by atoms with Crippen LogP contribution >= 0.6 is 7.52 Å². The summed E-state index contributed by atoms with van der Waals surface area (Å²) >= 11 is 0. The summed E-state index contributed by atoms with van der Waals surface area (Å²) in [5.41, 5.74) is -0.711. The topological polar surface area (TPSA) is 49.8 Å². The quantitative estimate of drug-likeness (QED) is 0.701. The molecule has 5 heteroatoms. The Bertz CT molecular complexity index is 493. The lowest BCUT2D eigenvalue weighted by molar-refractivity contribution is 0.0379. The molecule has 142 valence electrons. The third-order valence-corrected chi connectivity index (χ3v) is 10.1. The highest BCUT2D eigenvalue weighted by molar-refractivity contribution is 7.58. The molecule has 1 saturated carbocycles. The van der Waals surface area contributed by atoms with Crippen molar-refractivity contribution in [2.24, 2.45) is 5.92 Å². The Balaban J connectivity index is 2.43. The van der Waals surface area contributed by atoms with Gasteiger partial charge in [0.1, 0.15) is 0 Å². The molecule has 0 spiro atoms. The van der Waals surface area contributed by atoms with Gasteiger partial charge >= 0.3 is 0 Å². The van der Waals surface area contributed by atoms with Gasteiger partial charge in [0.05, 0.1) is 16.9 Å². The van der Waals surface area contributed by atoms with E-state index < -0.39 is 24.4 Å². The van der Waals surface area contributed by atoms with Crippen molar-refractivity contribution in [1.82, 2.24) is 4.67 Å². The Hall–Kier alpha value is 0.110. The standard InChI is InChI=1S/C19H38NO3P/c1-8-19(7,16(21)15-12-10-9-11-13-15)24(22)20(17(2,3)4)14-18(5,6)23-24/h15-16,21H,8-14H2,1-7H3/t16-,19+,24-/m1/s1. The minimum Gasteiger partial charge on any atom is -0.392 e. The summed E-state index contributed by atoms with van der Waals surface area (Å²) in [6, 6.07) is 0. The van der Waals surface area contributed by atoms with Crippen molar-refractivity contribution >= 4 is 7.52 Å². The minimum absolute atomic E-state index is 0.239. The van der Waals surface area contributed by atoms with Crippen LogP contribution in [0.15, 0.2) is 0 Å². The minimum atomic E-state index is -3.18. The number of aliphatic hydroxyl groups excluding tert-OH is 1. The van der Waals surface area contributed by atoms with Gasteiger partial charge in [-0.3, -0.25) is 4.57 Å². The fourth-order valence-corrected chi connectivity index (χ4v) is 8.26. The van der Waals surface area contributed by atoms with Gasteiger partial charge in [-0.15, -0.1) is 0 Å². The van der Waals surface area contributed by atoms with Gasteiger partial charge in [0.15, 0.2) is 0 Å². The third kappa shape index (κ3) is 3.49. The third-order valence-electron chi connectivity index (χ3n) is 6.09. The van der Waals surface area contributed by atoms with Crippen molar-refractivity contribution in [3.8, 4) is 0 Å². The summed E-state index contributed by atoms with van der Waals surface area (Å²) in [5, 5.41) is 10.6. The molecular formula is C19H38NO3P. The van der Waals surface area contributed by atoms with Crippen molar-refractivity contribution < 1.29 is 14.2 Å². The predicted octanol–water partition coefficient (Wildman–Crippen LogP) is 5.20. The van der Waals surface area contributed by atoms with Crippen LogP contribution in [0.3, 0.4) is 0 Å². The molecule has 1 heterocycles. The molecule has 1 N–H and O–H groups in total. The van der Waals surface area contributed by atoms with Crippen LogP contribution in [0, 0.1) is 5.92 Å². The molecule has 0 bridgehead atoms. The van der Waals surface area contributed by atoms with E-state index in [1.165, 1.54) is 19.3 Å². The number of nitrogens with zero attached hydrogens (tertiary/aromatic N) is 1. The number of hydrogen-bond donors (Lipinski definition) is 1. The van der Waals surface area contributed by atoms with Crippen molar-refractivity contribution in [3.63, 3.8) is 0 Å². The first-order valence-electron chi connectivity index (χ1n) is 9.64. The van der Waals surface area contributed by atoms with E-state index in [4.69, 9.17) is 4.52 Å². The van der Waals surface area contributed by atoms with Crippen LogP contribution in [0.5, 0.6) is 0 Å². The fourth-order valence-electron chi connectivity index (χ4n) is 4.41. The van der Waals surface area contributed by atoms with Crippen LogP contribution in [0.2, 0.25) is 0 Å². The first kappa shape index (κ1) is 20.4. The Kier molecular flexibility index (Phi) is 5.69. The summed E-state index contributed by atoms with van der Waals surface area (Å²) in [4.78, 5) is 0. The molecule has 1 aliphatic carbocycles. The van der Waals surface area contributed by atoms with E-state index >= 15 is 0 Å². The Morgan fingerprint density at radius 1 is 1.21 bits per heavy atom. The molecule has 0 aromatic carbocycles. The Morgan fingerprint density at radius 2 is 1.75 bits per heavy atom. The zero-order valence-electron chi connectivity index (χ0n) is 16.8. The van der Waals surface area contributed by atoms with Crippen molar-refractivity contribution in [1.29, 1.82) is 0 Å². The molecule has 2 rings (SSSR count). The van der Waals surface area contributed by atoms with Gasteiger partial charge in [0, 0.05) is 12.1 Å². The highest BCUT2D eigenvalue weighted by atomic mass is 31.2. The zero-order valence-corrected chi connectivity index (χ0v) is 17.7. The first-order valence-corrected chi connectivity index (χ1v) is 11.2. The van der Waals surface area contributed by atoms with Crippen LogP contribution in [-0.4, -0.2) is 38.7 Å². The van der Waals surface area contributed by atoms with Gasteiger partial charge in [-0.05, 0) is 66.7 Å². The number of rotatable bonds is 4. The fraction of sp³-hybridized carbons (Fsp3) is 1.00. The van der Waals surface area contributed by atoms with E-state index in [9.17, 15) is 9.67 Å². The monoisotopic (exact) mass is 359 g/mol. The summed E-state index contributed by atoms with van der Waals surface area (Å²) in [5.74, 6) is 0.239. The highest BCUT2D eigenvalue weighted by Crippen LogP contribution is 2.72. The average molecular weight is 359 g/mol. The summed E-state index contributed by atoms with van der Waals surface area (Å²) in [6.45, 7) is 15.0. The van der Waals surface area contributed by atoms with Crippen molar-refractivity contribution in [3.05, 3.63) is 0 Å². The maximum absolute atomic E-state index is 14.3.